The second kappa shape index (κ2) is 7.96. The first-order valence-corrected chi connectivity index (χ1v) is 9.27. The van der Waals surface area contributed by atoms with E-state index in [0.29, 0.717) is 28.0 Å². The molecule has 1 heterocycles. The van der Waals surface area contributed by atoms with Gasteiger partial charge in [-0.1, -0.05) is 59.1 Å². The summed E-state index contributed by atoms with van der Waals surface area (Å²) in [6, 6.07) is 12.8. The fraction of sp³-hybridized carbons (Fsp3) is 0.316. The normalized spacial score (nSPS) is 19.6. The molecule has 0 saturated carbocycles. The maximum atomic E-state index is 11.5. The Morgan fingerprint density at radius 1 is 1.08 bits per heavy atom. The summed E-state index contributed by atoms with van der Waals surface area (Å²) in [7, 11) is 0. The van der Waals surface area contributed by atoms with Crippen molar-refractivity contribution >= 4 is 40.8 Å². The molecule has 3 rings (SSSR count). The molecule has 2 atom stereocenters. The van der Waals surface area contributed by atoms with Crippen LogP contribution in [0.3, 0.4) is 0 Å². The average molecular weight is 399 g/mol. The lowest BCUT2D eigenvalue weighted by Gasteiger charge is -2.38. The summed E-state index contributed by atoms with van der Waals surface area (Å²) in [5, 5.41) is 11.2. The molecule has 0 bridgehead atoms. The van der Waals surface area contributed by atoms with Gasteiger partial charge in [-0.2, -0.15) is 0 Å². The van der Waals surface area contributed by atoms with Crippen LogP contribution in [-0.4, -0.2) is 29.1 Å². The topological polar surface area (TPSA) is 40.5 Å². The van der Waals surface area contributed by atoms with Gasteiger partial charge in [0.15, 0.2) is 0 Å². The van der Waals surface area contributed by atoms with Gasteiger partial charge in [0.05, 0.1) is 12.0 Å². The molecule has 0 radical (unpaired) electrons. The molecule has 3 nitrogen and oxygen atoms in total. The van der Waals surface area contributed by atoms with Crippen LogP contribution in [-0.2, 0) is 4.79 Å². The van der Waals surface area contributed by atoms with Crippen molar-refractivity contribution in [2.75, 3.05) is 13.1 Å². The smallest absolute Gasteiger partial charge is 0.307 e. The fourth-order valence-electron chi connectivity index (χ4n) is 3.42. The maximum Gasteiger partial charge on any atom is 0.307 e. The van der Waals surface area contributed by atoms with Crippen LogP contribution in [0.5, 0.6) is 0 Å². The Balaban J connectivity index is 2.06. The van der Waals surface area contributed by atoms with Crippen LogP contribution in [0.2, 0.25) is 15.1 Å². The zero-order chi connectivity index (χ0) is 18.0. The first kappa shape index (κ1) is 18.5. The zero-order valence-electron chi connectivity index (χ0n) is 13.5. The number of rotatable bonds is 4. The monoisotopic (exact) mass is 397 g/mol. The van der Waals surface area contributed by atoms with Crippen molar-refractivity contribution in [1.82, 2.24) is 4.90 Å². The van der Waals surface area contributed by atoms with Crippen molar-refractivity contribution in [3.05, 3.63) is 68.7 Å². The largest absolute Gasteiger partial charge is 0.481 e. The van der Waals surface area contributed by atoms with Gasteiger partial charge in [-0.25, -0.2) is 0 Å². The molecule has 2 aromatic carbocycles. The SMILES string of the molecule is O=C(O)C1CCCN(C(c2ccccc2Cl)c2ccc(Cl)cc2Cl)C1. The highest BCUT2D eigenvalue weighted by Crippen LogP contribution is 2.39. The minimum atomic E-state index is -0.759. The Bertz CT molecular complexity index is 781. The molecule has 1 N–H and O–H groups in total. The van der Waals surface area contributed by atoms with Crippen LogP contribution in [0.4, 0.5) is 0 Å². The Kier molecular flexibility index (Phi) is 5.90. The van der Waals surface area contributed by atoms with Gasteiger partial charge in [-0.15, -0.1) is 0 Å². The molecule has 6 heteroatoms. The van der Waals surface area contributed by atoms with Gasteiger partial charge in [0.2, 0.25) is 0 Å². The highest BCUT2D eigenvalue weighted by molar-refractivity contribution is 6.35. The Labute approximate surface area is 162 Å². The molecule has 1 saturated heterocycles. The van der Waals surface area contributed by atoms with E-state index in [1.54, 1.807) is 12.1 Å². The highest BCUT2D eigenvalue weighted by Gasteiger charge is 2.33. The first-order chi connectivity index (χ1) is 12.0. The van der Waals surface area contributed by atoms with E-state index in [9.17, 15) is 9.90 Å². The minimum Gasteiger partial charge on any atom is -0.481 e. The van der Waals surface area contributed by atoms with E-state index < -0.39 is 5.97 Å². The van der Waals surface area contributed by atoms with E-state index in [-0.39, 0.29) is 12.0 Å². The summed E-state index contributed by atoms with van der Waals surface area (Å²) in [5.74, 6) is -1.14. The van der Waals surface area contributed by atoms with Crippen molar-refractivity contribution in [3.8, 4) is 0 Å². The van der Waals surface area contributed by atoms with Crippen LogP contribution >= 0.6 is 34.8 Å². The van der Waals surface area contributed by atoms with Crippen molar-refractivity contribution in [2.24, 2.45) is 5.92 Å². The van der Waals surface area contributed by atoms with Crippen molar-refractivity contribution in [3.63, 3.8) is 0 Å². The quantitative estimate of drug-likeness (QED) is 0.736. The van der Waals surface area contributed by atoms with Gasteiger partial charge in [0.1, 0.15) is 0 Å². The predicted molar refractivity (Wildman–Crippen MR) is 102 cm³/mol. The van der Waals surface area contributed by atoms with E-state index >= 15 is 0 Å². The van der Waals surface area contributed by atoms with Crippen molar-refractivity contribution < 1.29 is 9.90 Å². The van der Waals surface area contributed by atoms with Gasteiger partial charge in [0, 0.05) is 21.6 Å². The summed E-state index contributed by atoms with van der Waals surface area (Å²) in [6.45, 7) is 1.25. The minimum absolute atomic E-state index is 0.208. The molecule has 0 aromatic heterocycles. The Morgan fingerprint density at radius 2 is 1.80 bits per heavy atom. The number of halogens is 3. The number of hydrogen-bond donors (Lipinski definition) is 1. The summed E-state index contributed by atoms with van der Waals surface area (Å²) in [4.78, 5) is 13.6. The lowest BCUT2D eigenvalue weighted by Crippen LogP contribution is -2.41. The molecule has 2 unspecified atom stereocenters. The molecular formula is C19H18Cl3NO2. The molecule has 25 heavy (non-hydrogen) atoms. The van der Waals surface area contributed by atoms with Crippen LogP contribution in [0.15, 0.2) is 42.5 Å². The number of carboxylic acid groups (broad SMARTS) is 1. The Morgan fingerprint density at radius 3 is 2.48 bits per heavy atom. The molecule has 1 aliphatic heterocycles. The van der Waals surface area contributed by atoms with Crippen molar-refractivity contribution in [2.45, 2.75) is 18.9 Å². The van der Waals surface area contributed by atoms with E-state index in [0.717, 1.165) is 24.1 Å². The standard InChI is InChI=1S/C19H18Cl3NO2/c20-13-7-8-15(17(22)10-13)18(14-5-1-2-6-16(14)21)23-9-3-4-12(11-23)19(24)25/h1-2,5-8,10,12,18H,3-4,9,11H2,(H,24,25). The van der Waals surface area contributed by atoms with Gasteiger partial charge in [0.25, 0.3) is 0 Å². The molecule has 0 amide bonds. The molecule has 2 aromatic rings. The van der Waals surface area contributed by atoms with Crippen LogP contribution in [0, 0.1) is 5.92 Å². The van der Waals surface area contributed by atoms with Crippen LogP contribution in [0.1, 0.15) is 30.0 Å². The number of hydrogen-bond acceptors (Lipinski definition) is 2. The molecule has 0 spiro atoms. The van der Waals surface area contributed by atoms with Gasteiger partial charge >= 0.3 is 5.97 Å². The summed E-state index contributed by atoms with van der Waals surface area (Å²) in [5.41, 5.74) is 1.80. The van der Waals surface area contributed by atoms with E-state index in [1.807, 2.05) is 30.3 Å². The zero-order valence-corrected chi connectivity index (χ0v) is 15.7. The van der Waals surface area contributed by atoms with Gasteiger partial charge < -0.3 is 5.11 Å². The third kappa shape index (κ3) is 4.12. The molecule has 0 aliphatic carbocycles. The summed E-state index contributed by atoms with van der Waals surface area (Å²) >= 11 is 19.0. The van der Waals surface area contributed by atoms with E-state index in [1.165, 1.54) is 0 Å². The Hall–Kier alpha value is -1.26. The van der Waals surface area contributed by atoms with Crippen molar-refractivity contribution in [1.29, 1.82) is 0 Å². The number of likely N-dealkylation sites (tertiary alicyclic amines) is 1. The van der Waals surface area contributed by atoms with Gasteiger partial charge in [-0.05, 0) is 48.7 Å². The van der Waals surface area contributed by atoms with E-state index in [4.69, 9.17) is 34.8 Å². The number of nitrogens with zero attached hydrogens (tertiary/aromatic N) is 1. The van der Waals surface area contributed by atoms with Crippen LogP contribution in [0.25, 0.3) is 0 Å². The number of aliphatic carboxylic acids is 1. The lowest BCUT2D eigenvalue weighted by molar-refractivity contribution is -0.143. The second-order valence-corrected chi connectivity index (χ2v) is 7.51. The molecule has 1 aliphatic rings. The number of carboxylic acids is 1. The first-order valence-electron chi connectivity index (χ1n) is 8.13. The fourth-order valence-corrected chi connectivity index (χ4v) is 4.17. The number of piperidine rings is 1. The second-order valence-electron chi connectivity index (χ2n) is 6.26. The maximum absolute atomic E-state index is 11.5. The molecule has 1 fully saturated rings. The van der Waals surface area contributed by atoms with Gasteiger partial charge in [-0.3, -0.25) is 9.69 Å². The molecular weight excluding hydrogens is 381 g/mol. The predicted octanol–water partition coefficient (Wildman–Crippen LogP) is 5.53. The number of benzene rings is 2. The molecule has 132 valence electrons. The van der Waals surface area contributed by atoms with E-state index in [2.05, 4.69) is 4.90 Å². The van der Waals surface area contributed by atoms with Crippen LogP contribution < -0.4 is 0 Å². The summed E-state index contributed by atoms with van der Waals surface area (Å²) < 4.78 is 0. The number of carbonyl (C=O) groups is 1. The lowest BCUT2D eigenvalue weighted by atomic mass is 9.91. The average Bonchev–Trinajstić information content (AvgIpc) is 2.59. The highest BCUT2D eigenvalue weighted by atomic mass is 35.5. The third-order valence-corrected chi connectivity index (χ3v) is 5.53. The summed E-state index contributed by atoms with van der Waals surface area (Å²) in [6.07, 6.45) is 1.51. The third-order valence-electron chi connectivity index (χ3n) is 4.62.